The highest BCUT2D eigenvalue weighted by Gasteiger charge is 2.38. The third-order valence-corrected chi connectivity index (χ3v) is 5.16. The Morgan fingerprint density at radius 2 is 2.04 bits per heavy atom. The van der Waals surface area contributed by atoms with Crippen molar-refractivity contribution >= 4 is 17.4 Å². The quantitative estimate of drug-likeness (QED) is 0.853. The van der Waals surface area contributed by atoms with Crippen molar-refractivity contribution in [3.8, 4) is 0 Å². The van der Waals surface area contributed by atoms with Gasteiger partial charge in [0.1, 0.15) is 5.82 Å². The number of ketones is 1. The van der Waals surface area contributed by atoms with Gasteiger partial charge < -0.3 is 10.6 Å². The standard InChI is InChI=1S/C22H20FN3O2/c1-13-19(22(28)26-16-8-3-2-7-15(16)23)20(14-6-5-11-24-12-14)21-17(25-13)9-4-10-18(21)27/h2-3,5-8,11-12,20,25H,4,9-10H2,1H3,(H,26,28). The van der Waals surface area contributed by atoms with Crippen molar-refractivity contribution in [3.63, 3.8) is 0 Å². The van der Waals surface area contributed by atoms with Gasteiger partial charge in [-0.1, -0.05) is 18.2 Å². The molecule has 5 nitrogen and oxygen atoms in total. The SMILES string of the molecule is CC1=C(C(=O)Nc2ccccc2F)C(c2cccnc2)C2=C(CCCC2=O)N1. The number of rotatable bonds is 3. The number of anilines is 1. The van der Waals surface area contributed by atoms with Crippen LogP contribution in [0, 0.1) is 5.82 Å². The minimum Gasteiger partial charge on any atom is -0.362 e. The molecule has 0 saturated carbocycles. The minimum absolute atomic E-state index is 0.0336. The number of Topliss-reactive ketones (excluding diaryl/α,β-unsaturated/α-hetero) is 1. The molecule has 1 aromatic heterocycles. The maximum Gasteiger partial charge on any atom is 0.254 e. The molecule has 2 aromatic rings. The average Bonchev–Trinajstić information content (AvgIpc) is 2.69. The van der Waals surface area contributed by atoms with Crippen molar-refractivity contribution in [1.29, 1.82) is 0 Å². The average molecular weight is 377 g/mol. The third kappa shape index (κ3) is 3.22. The normalized spacial score (nSPS) is 19.2. The lowest BCUT2D eigenvalue weighted by molar-refractivity contribution is -0.116. The van der Waals surface area contributed by atoms with Crippen LogP contribution in [0.3, 0.4) is 0 Å². The lowest BCUT2D eigenvalue weighted by Crippen LogP contribution is -2.35. The number of allylic oxidation sites excluding steroid dienone is 3. The number of dihydropyridines is 1. The van der Waals surface area contributed by atoms with Crippen molar-refractivity contribution in [3.05, 3.63) is 82.7 Å². The number of carbonyl (C=O) groups is 2. The van der Waals surface area contributed by atoms with Crippen LogP contribution in [0.25, 0.3) is 0 Å². The lowest BCUT2D eigenvalue weighted by atomic mass is 9.75. The van der Waals surface area contributed by atoms with E-state index in [1.165, 1.54) is 12.1 Å². The molecule has 2 heterocycles. The zero-order valence-corrected chi connectivity index (χ0v) is 15.5. The van der Waals surface area contributed by atoms with Gasteiger partial charge in [-0.05, 0) is 43.5 Å². The Bertz CT molecular complexity index is 1010. The fourth-order valence-electron chi connectivity index (χ4n) is 3.92. The van der Waals surface area contributed by atoms with Gasteiger partial charge in [0.15, 0.2) is 5.78 Å². The largest absolute Gasteiger partial charge is 0.362 e. The van der Waals surface area contributed by atoms with Crippen LogP contribution in [0.2, 0.25) is 0 Å². The van der Waals surface area contributed by atoms with Crippen LogP contribution in [0.1, 0.15) is 37.7 Å². The van der Waals surface area contributed by atoms with E-state index in [1.54, 1.807) is 30.6 Å². The highest BCUT2D eigenvalue weighted by molar-refractivity contribution is 6.09. The molecule has 1 aromatic carbocycles. The number of hydrogen-bond acceptors (Lipinski definition) is 4. The molecule has 2 N–H and O–H groups in total. The summed E-state index contributed by atoms with van der Waals surface area (Å²) in [6.07, 6.45) is 5.33. The number of amides is 1. The van der Waals surface area contributed by atoms with Crippen LogP contribution in [0.5, 0.6) is 0 Å². The second-order valence-corrected chi connectivity index (χ2v) is 6.99. The fraction of sp³-hybridized carbons (Fsp3) is 0.227. The summed E-state index contributed by atoms with van der Waals surface area (Å²) in [5.74, 6) is -1.44. The van der Waals surface area contributed by atoms with E-state index in [0.717, 1.165) is 24.1 Å². The molecule has 1 aliphatic heterocycles. The molecule has 0 spiro atoms. The monoisotopic (exact) mass is 377 g/mol. The molecule has 1 atom stereocenters. The number of hydrogen-bond donors (Lipinski definition) is 2. The van der Waals surface area contributed by atoms with Crippen LogP contribution in [-0.2, 0) is 9.59 Å². The topological polar surface area (TPSA) is 71.1 Å². The van der Waals surface area contributed by atoms with E-state index in [-0.39, 0.29) is 11.5 Å². The molecule has 1 aliphatic carbocycles. The number of aromatic nitrogens is 1. The van der Waals surface area contributed by atoms with Gasteiger partial charge >= 0.3 is 0 Å². The number of benzene rings is 1. The van der Waals surface area contributed by atoms with Gasteiger partial charge in [0.25, 0.3) is 5.91 Å². The Kier molecular flexibility index (Phi) is 4.77. The molecule has 2 aliphatic rings. The van der Waals surface area contributed by atoms with Crippen molar-refractivity contribution < 1.29 is 14.0 Å². The molecule has 1 unspecified atom stereocenters. The minimum atomic E-state index is -0.524. The van der Waals surface area contributed by atoms with Gasteiger partial charge in [-0.25, -0.2) is 4.39 Å². The smallest absolute Gasteiger partial charge is 0.254 e. The summed E-state index contributed by atoms with van der Waals surface area (Å²) in [7, 11) is 0. The van der Waals surface area contributed by atoms with E-state index in [9.17, 15) is 14.0 Å². The van der Waals surface area contributed by atoms with Gasteiger partial charge in [0, 0.05) is 47.3 Å². The Labute approximate surface area is 162 Å². The fourth-order valence-corrected chi connectivity index (χ4v) is 3.92. The predicted octanol–water partition coefficient (Wildman–Crippen LogP) is 3.83. The zero-order valence-electron chi connectivity index (χ0n) is 15.5. The van der Waals surface area contributed by atoms with Crippen molar-refractivity contribution in [1.82, 2.24) is 10.3 Å². The predicted molar refractivity (Wildman–Crippen MR) is 104 cm³/mol. The van der Waals surface area contributed by atoms with Gasteiger partial charge in [0.2, 0.25) is 0 Å². The maximum absolute atomic E-state index is 14.0. The number of nitrogens with zero attached hydrogens (tertiary/aromatic N) is 1. The van der Waals surface area contributed by atoms with E-state index in [0.29, 0.717) is 23.3 Å². The maximum atomic E-state index is 14.0. The summed E-state index contributed by atoms with van der Waals surface area (Å²) in [5.41, 5.74) is 3.42. The lowest BCUT2D eigenvalue weighted by Gasteiger charge is -2.34. The summed E-state index contributed by atoms with van der Waals surface area (Å²) >= 11 is 0. The molecule has 0 saturated heterocycles. The molecule has 0 fully saturated rings. The van der Waals surface area contributed by atoms with Crippen LogP contribution in [0.15, 0.2) is 71.3 Å². The first-order valence-electron chi connectivity index (χ1n) is 9.26. The highest BCUT2D eigenvalue weighted by atomic mass is 19.1. The summed E-state index contributed by atoms with van der Waals surface area (Å²) in [6, 6.07) is 9.66. The highest BCUT2D eigenvalue weighted by Crippen LogP contribution is 2.42. The zero-order chi connectivity index (χ0) is 19.7. The molecule has 28 heavy (non-hydrogen) atoms. The first-order chi connectivity index (χ1) is 13.6. The van der Waals surface area contributed by atoms with Gasteiger partial charge in [-0.3, -0.25) is 14.6 Å². The molecule has 0 radical (unpaired) electrons. The molecular formula is C22H20FN3O2. The van der Waals surface area contributed by atoms with Crippen LogP contribution in [-0.4, -0.2) is 16.7 Å². The Morgan fingerprint density at radius 1 is 1.21 bits per heavy atom. The van der Waals surface area contributed by atoms with Crippen LogP contribution < -0.4 is 10.6 Å². The number of pyridine rings is 1. The van der Waals surface area contributed by atoms with Crippen LogP contribution >= 0.6 is 0 Å². The van der Waals surface area contributed by atoms with Gasteiger partial charge in [0.05, 0.1) is 5.69 Å². The molecule has 4 rings (SSSR count). The van der Waals surface area contributed by atoms with Crippen molar-refractivity contribution in [2.45, 2.75) is 32.1 Å². The van der Waals surface area contributed by atoms with E-state index >= 15 is 0 Å². The third-order valence-electron chi connectivity index (χ3n) is 5.16. The molecule has 0 bridgehead atoms. The Morgan fingerprint density at radius 3 is 2.79 bits per heavy atom. The van der Waals surface area contributed by atoms with E-state index in [4.69, 9.17) is 0 Å². The molecule has 142 valence electrons. The van der Waals surface area contributed by atoms with E-state index in [1.807, 2.05) is 13.0 Å². The second-order valence-electron chi connectivity index (χ2n) is 6.99. The van der Waals surface area contributed by atoms with E-state index in [2.05, 4.69) is 15.6 Å². The Balaban J connectivity index is 1.79. The first kappa shape index (κ1) is 18.1. The summed E-state index contributed by atoms with van der Waals surface area (Å²) in [5, 5.41) is 5.90. The molecule has 1 amide bonds. The number of carbonyl (C=O) groups excluding carboxylic acids is 2. The molecule has 6 heteroatoms. The number of halogens is 1. The number of nitrogens with one attached hydrogen (secondary N) is 2. The van der Waals surface area contributed by atoms with E-state index < -0.39 is 17.6 Å². The molecular weight excluding hydrogens is 357 g/mol. The van der Waals surface area contributed by atoms with Crippen LogP contribution in [0.4, 0.5) is 10.1 Å². The van der Waals surface area contributed by atoms with Gasteiger partial charge in [-0.2, -0.15) is 0 Å². The number of para-hydroxylation sites is 1. The van der Waals surface area contributed by atoms with Gasteiger partial charge in [-0.15, -0.1) is 0 Å². The van der Waals surface area contributed by atoms with Crippen molar-refractivity contribution in [2.75, 3.05) is 5.32 Å². The second kappa shape index (κ2) is 7.38. The summed E-state index contributed by atoms with van der Waals surface area (Å²) in [4.78, 5) is 30.1. The van der Waals surface area contributed by atoms with Crippen molar-refractivity contribution in [2.24, 2.45) is 0 Å². The first-order valence-corrected chi connectivity index (χ1v) is 9.26. The Hall–Kier alpha value is -3.28. The summed E-state index contributed by atoms with van der Waals surface area (Å²) < 4.78 is 14.0. The summed E-state index contributed by atoms with van der Waals surface area (Å²) in [6.45, 7) is 1.81.